The summed E-state index contributed by atoms with van der Waals surface area (Å²) in [6.07, 6.45) is 0. The van der Waals surface area contributed by atoms with Gasteiger partial charge in [-0.15, -0.1) is 23.7 Å². The molecular formula is C9H14Br2ClNS. The van der Waals surface area contributed by atoms with Crippen LogP contribution in [0.25, 0.3) is 0 Å². The molecule has 5 heteroatoms. The van der Waals surface area contributed by atoms with Gasteiger partial charge in [0.15, 0.2) is 0 Å². The van der Waals surface area contributed by atoms with Crippen molar-refractivity contribution in [2.24, 2.45) is 11.1 Å². The van der Waals surface area contributed by atoms with E-state index >= 15 is 0 Å². The van der Waals surface area contributed by atoms with Crippen LogP contribution >= 0.6 is 55.6 Å². The summed E-state index contributed by atoms with van der Waals surface area (Å²) in [5, 5.41) is 0. The molecule has 0 unspecified atom stereocenters. The second-order valence-electron chi connectivity index (χ2n) is 4.11. The molecule has 0 aliphatic heterocycles. The first kappa shape index (κ1) is 14.9. The average Bonchev–Trinajstić information content (AvgIpc) is 2.29. The van der Waals surface area contributed by atoms with Crippen LogP contribution in [-0.2, 0) is 0 Å². The minimum Gasteiger partial charge on any atom is -0.323 e. The molecular weight excluding hydrogens is 349 g/mol. The highest BCUT2D eigenvalue weighted by molar-refractivity contribution is 9.13. The van der Waals surface area contributed by atoms with Gasteiger partial charge in [-0.05, 0) is 43.3 Å². The molecule has 0 saturated heterocycles. The van der Waals surface area contributed by atoms with Crippen LogP contribution in [0.15, 0.2) is 14.3 Å². The number of hydrogen-bond acceptors (Lipinski definition) is 2. The van der Waals surface area contributed by atoms with Crippen LogP contribution in [0.1, 0.15) is 31.7 Å². The van der Waals surface area contributed by atoms with E-state index in [9.17, 15) is 0 Å². The SMILES string of the molecule is CC(C)(C)[C@@H](N)c1cc(Br)c(Br)s1.Cl. The summed E-state index contributed by atoms with van der Waals surface area (Å²) in [5.41, 5.74) is 6.24. The van der Waals surface area contributed by atoms with Crippen LogP contribution in [0.3, 0.4) is 0 Å². The summed E-state index contributed by atoms with van der Waals surface area (Å²) < 4.78 is 2.20. The zero-order valence-corrected chi connectivity index (χ0v) is 13.1. The van der Waals surface area contributed by atoms with Gasteiger partial charge in [-0.1, -0.05) is 20.8 Å². The molecule has 0 spiro atoms. The number of nitrogens with two attached hydrogens (primary N) is 1. The minimum atomic E-state index is 0. The summed E-state index contributed by atoms with van der Waals surface area (Å²) in [5.74, 6) is 0. The van der Waals surface area contributed by atoms with Crippen molar-refractivity contribution in [2.75, 3.05) is 0 Å². The first-order valence-electron chi connectivity index (χ1n) is 4.02. The Labute approximate surface area is 112 Å². The maximum Gasteiger partial charge on any atom is 0.0843 e. The van der Waals surface area contributed by atoms with E-state index in [1.807, 2.05) is 0 Å². The maximum absolute atomic E-state index is 6.12. The average molecular weight is 364 g/mol. The van der Waals surface area contributed by atoms with Crippen LogP contribution in [0, 0.1) is 5.41 Å². The lowest BCUT2D eigenvalue weighted by Gasteiger charge is -2.25. The molecule has 1 aromatic heterocycles. The Bertz CT molecular complexity index is 287. The fourth-order valence-electron chi connectivity index (χ4n) is 0.943. The molecule has 0 fully saturated rings. The van der Waals surface area contributed by atoms with E-state index in [0.29, 0.717) is 0 Å². The van der Waals surface area contributed by atoms with E-state index < -0.39 is 0 Å². The smallest absolute Gasteiger partial charge is 0.0843 e. The molecule has 1 atom stereocenters. The molecule has 2 N–H and O–H groups in total. The van der Waals surface area contributed by atoms with Gasteiger partial charge in [-0.25, -0.2) is 0 Å². The van der Waals surface area contributed by atoms with Gasteiger partial charge in [0.2, 0.25) is 0 Å². The Balaban J connectivity index is 0.00000169. The van der Waals surface area contributed by atoms with Crippen molar-refractivity contribution in [3.8, 4) is 0 Å². The van der Waals surface area contributed by atoms with Gasteiger partial charge < -0.3 is 5.73 Å². The van der Waals surface area contributed by atoms with Crippen molar-refractivity contribution in [3.63, 3.8) is 0 Å². The first-order chi connectivity index (χ1) is 5.82. The molecule has 0 radical (unpaired) electrons. The Hall–Kier alpha value is 0.910. The third kappa shape index (κ3) is 3.49. The van der Waals surface area contributed by atoms with Gasteiger partial charge >= 0.3 is 0 Å². The minimum absolute atomic E-state index is 0. The summed E-state index contributed by atoms with van der Waals surface area (Å²) in [4.78, 5) is 1.21. The molecule has 1 heterocycles. The molecule has 1 nitrogen and oxygen atoms in total. The van der Waals surface area contributed by atoms with Gasteiger partial charge in [-0.3, -0.25) is 0 Å². The standard InChI is InChI=1S/C9H13Br2NS.ClH/c1-9(2,3)7(12)6-4-5(10)8(11)13-6;/h4,7H,12H2,1-3H3;1H/t7-;/m0./s1. The lowest BCUT2D eigenvalue weighted by molar-refractivity contribution is 0.331. The predicted octanol–water partition coefficient (Wildman–Crippen LogP) is 4.74. The van der Waals surface area contributed by atoms with Crippen LogP contribution in [0.2, 0.25) is 0 Å². The fourth-order valence-corrected chi connectivity index (χ4v) is 3.28. The molecule has 0 bridgehead atoms. The first-order valence-corrected chi connectivity index (χ1v) is 6.43. The molecule has 14 heavy (non-hydrogen) atoms. The predicted molar refractivity (Wildman–Crippen MR) is 73.4 cm³/mol. The monoisotopic (exact) mass is 361 g/mol. The Morgan fingerprint density at radius 1 is 1.36 bits per heavy atom. The van der Waals surface area contributed by atoms with E-state index in [0.717, 1.165) is 8.26 Å². The number of rotatable bonds is 1. The lowest BCUT2D eigenvalue weighted by Crippen LogP contribution is -2.25. The highest BCUT2D eigenvalue weighted by atomic mass is 79.9. The zero-order chi connectivity index (χ0) is 10.2. The maximum atomic E-state index is 6.12. The Morgan fingerprint density at radius 3 is 2.14 bits per heavy atom. The van der Waals surface area contributed by atoms with Crippen LogP contribution < -0.4 is 5.73 Å². The topological polar surface area (TPSA) is 26.0 Å². The largest absolute Gasteiger partial charge is 0.323 e. The third-order valence-electron chi connectivity index (χ3n) is 1.90. The normalized spacial score (nSPS) is 13.6. The summed E-state index contributed by atoms with van der Waals surface area (Å²) in [6.45, 7) is 6.46. The molecule has 0 aliphatic rings. The van der Waals surface area contributed by atoms with Crippen molar-refractivity contribution in [1.29, 1.82) is 0 Å². The van der Waals surface area contributed by atoms with Crippen molar-refractivity contribution in [3.05, 3.63) is 19.2 Å². The second-order valence-corrected chi connectivity index (χ2v) is 7.37. The van der Waals surface area contributed by atoms with Crippen LogP contribution in [-0.4, -0.2) is 0 Å². The van der Waals surface area contributed by atoms with E-state index in [1.165, 1.54) is 4.88 Å². The molecule has 0 amide bonds. The van der Waals surface area contributed by atoms with E-state index in [4.69, 9.17) is 5.73 Å². The summed E-state index contributed by atoms with van der Waals surface area (Å²) in [6, 6.07) is 2.19. The quantitative estimate of drug-likeness (QED) is 0.766. The van der Waals surface area contributed by atoms with Crippen molar-refractivity contribution in [1.82, 2.24) is 0 Å². The van der Waals surface area contributed by atoms with Gasteiger partial charge in [0.25, 0.3) is 0 Å². The van der Waals surface area contributed by atoms with Crippen molar-refractivity contribution >= 4 is 55.6 Å². The van der Waals surface area contributed by atoms with Gasteiger partial charge in [0, 0.05) is 15.4 Å². The number of thiophene rings is 1. The van der Waals surface area contributed by atoms with Crippen LogP contribution in [0.4, 0.5) is 0 Å². The van der Waals surface area contributed by atoms with Gasteiger partial charge in [-0.2, -0.15) is 0 Å². The van der Waals surface area contributed by atoms with Crippen LogP contribution in [0.5, 0.6) is 0 Å². The van der Waals surface area contributed by atoms with Crippen molar-refractivity contribution in [2.45, 2.75) is 26.8 Å². The molecule has 0 aromatic carbocycles. The van der Waals surface area contributed by atoms with Gasteiger partial charge in [0.05, 0.1) is 3.79 Å². The molecule has 82 valence electrons. The molecule has 0 saturated carbocycles. The molecule has 0 aliphatic carbocycles. The highest BCUT2D eigenvalue weighted by Gasteiger charge is 2.24. The van der Waals surface area contributed by atoms with E-state index in [2.05, 4.69) is 58.7 Å². The fraction of sp³-hybridized carbons (Fsp3) is 0.556. The zero-order valence-electron chi connectivity index (χ0n) is 8.30. The summed E-state index contributed by atoms with van der Waals surface area (Å²) in [7, 11) is 0. The Kier molecular flexibility index (Phi) is 5.65. The Morgan fingerprint density at radius 2 is 1.86 bits per heavy atom. The van der Waals surface area contributed by atoms with Gasteiger partial charge in [0.1, 0.15) is 0 Å². The van der Waals surface area contributed by atoms with E-state index in [-0.39, 0.29) is 23.9 Å². The summed E-state index contributed by atoms with van der Waals surface area (Å²) >= 11 is 8.62. The third-order valence-corrected chi connectivity index (χ3v) is 5.24. The lowest BCUT2D eigenvalue weighted by atomic mass is 9.87. The second kappa shape index (κ2) is 5.30. The highest BCUT2D eigenvalue weighted by Crippen LogP contribution is 2.40. The number of hydrogen-bond donors (Lipinski definition) is 1. The molecule has 1 rings (SSSR count). The number of halogens is 3. The van der Waals surface area contributed by atoms with Crippen molar-refractivity contribution < 1.29 is 0 Å². The van der Waals surface area contributed by atoms with E-state index in [1.54, 1.807) is 11.3 Å². The molecule has 1 aromatic rings.